The highest BCUT2D eigenvalue weighted by molar-refractivity contribution is 7.92. The Kier molecular flexibility index (Phi) is 4.43. The van der Waals surface area contributed by atoms with Gasteiger partial charge in [-0.15, -0.1) is 0 Å². The number of hydrogen-bond donors (Lipinski definition) is 1. The number of nitrogens with zero attached hydrogens (tertiary/aromatic N) is 1. The fourth-order valence-electron chi connectivity index (χ4n) is 1.64. The Morgan fingerprint density at radius 2 is 1.67 bits per heavy atom. The second-order valence-corrected chi connectivity index (χ2v) is 6.84. The van der Waals surface area contributed by atoms with E-state index in [2.05, 4.69) is 4.72 Å². The van der Waals surface area contributed by atoms with Gasteiger partial charge in [0.1, 0.15) is 6.07 Å². The third-order valence-corrected chi connectivity index (χ3v) is 4.86. The highest BCUT2D eigenvalue weighted by Crippen LogP contribution is 2.30. The SMILES string of the molecule is Cc1ccc(S(=O)(=O)Nc2cc(Cl)c(Cl)cc2C#N)cc1. The molecule has 4 nitrogen and oxygen atoms in total. The van der Waals surface area contributed by atoms with Gasteiger partial charge in [0, 0.05) is 0 Å². The van der Waals surface area contributed by atoms with Gasteiger partial charge in [-0.25, -0.2) is 8.42 Å². The van der Waals surface area contributed by atoms with Gasteiger partial charge in [0.15, 0.2) is 0 Å². The van der Waals surface area contributed by atoms with Crippen LogP contribution in [0.5, 0.6) is 0 Å². The zero-order valence-corrected chi connectivity index (χ0v) is 13.2. The van der Waals surface area contributed by atoms with Crippen LogP contribution in [0.3, 0.4) is 0 Å². The van der Waals surface area contributed by atoms with Gasteiger partial charge >= 0.3 is 0 Å². The lowest BCUT2D eigenvalue weighted by molar-refractivity contribution is 0.601. The molecule has 7 heteroatoms. The van der Waals surface area contributed by atoms with Gasteiger partial charge in [0.05, 0.1) is 26.2 Å². The summed E-state index contributed by atoms with van der Waals surface area (Å²) < 4.78 is 26.9. The standard InChI is InChI=1S/C14H10Cl2N2O2S/c1-9-2-4-11(5-3-9)21(19,20)18-14-7-13(16)12(15)6-10(14)8-17/h2-7,18H,1H3. The summed E-state index contributed by atoms with van der Waals surface area (Å²) >= 11 is 11.7. The van der Waals surface area contributed by atoms with Crippen LogP contribution in [0.1, 0.15) is 11.1 Å². The lowest BCUT2D eigenvalue weighted by atomic mass is 10.2. The van der Waals surface area contributed by atoms with E-state index < -0.39 is 10.0 Å². The number of nitrogens with one attached hydrogen (secondary N) is 1. The maximum Gasteiger partial charge on any atom is 0.261 e. The minimum atomic E-state index is -3.80. The Labute approximate surface area is 133 Å². The number of benzene rings is 2. The molecule has 0 spiro atoms. The van der Waals surface area contributed by atoms with E-state index in [0.29, 0.717) is 0 Å². The molecule has 0 saturated carbocycles. The molecule has 0 atom stereocenters. The summed E-state index contributed by atoms with van der Waals surface area (Å²) in [7, 11) is -3.80. The van der Waals surface area contributed by atoms with Crippen molar-refractivity contribution >= 4 is 38.9 Å². The first-order valence-electron chi connectivity index (χ1n) is 5.82. The number of hydrogen-bond acceptors (Lipinski definition) is 3. The summed E-state index contributed by atoms with van der Waals surface area (Å²) in [6.07, 6.45) is 0. The largest absolute Gasteiger partial charge is 0.278 e. The Bertz CT molecular complexity index is 825. The molecule has 0 aliphatic carbocycles. The van der Waals surface area contributed by atoms with Crippen LogP contribution < -0.4 is 4.72 Å². The van der Waals surface area contributed by atoms with Crippen molar-refractivity contribution in [1.29, 1.82) is 5.26 Å². The van der Waals surface area contributed by atoms with Gasteiger partial charge in [-0.2, -0.15) is 5.26 Å². The van der Waals surface area contributed by atoms with Gasteiger partial charge in [-0.1, -0.05) is 40.9 Å². The molecule has 21 heavy (non-hydrogen) atoms. The predicted octanol–water partition coefficient (Wildman–Crippen LogP) is 3.97. The molecule has 0 saturated heterocycles. The second-order valence-electron chi connectivity index (χ2n) is 4.34. The van der Waals surface area contributed by atoms with E-state index in [9.17, 15) is 8.42 Å². The Morgan fingerprint density at radius 3 is 2.24 bits per heavy atom. The molecule has 2 aromatic rings. The van der Waals surface area contributed by atoms with Gasteiger partial charge in [-0.05, 0) is 31.2 Å². The van der Waals surface area contributed by atoms with Crippen LogP contribution in [0.2, 0.25) is 10.0 Å². The van der Waals surface area contributed by atoms with E-state index in [4.69, 9.17) is 28.5 Å². The average molecular weight is 341 g/mol. The summed E-state index contributed by atoms with van der Waals surface area (Å²) in [6, 6.07) is 10.9. The van der Waals surface area contributed by atoms with Crippen molar-refractivity contribution in [2.45, 2.75) is 11.8 Å². The highest BCUT2D eigenvalue weighted by Gasteiger charge is 2.17. The van der Waals surface area contributed by atoms with E-state index in [-0.39, 0.29) is 26.2 Å². The van der Waals surface area contributed by atoms with Crippen LogP contribution in [0.4, 0.5) is 5.69 Å². The number of anilines is 1. The van der Waals surface area contributed by atoms with Gasteiger partial charge in [0.25, 0.3) is 10.0 Å². The van der Waals surface area contributed by atoms with Crippen molar-refractivity contribution in [3.8, 4) is 6.07 Å². The lowest BCUT2D eigenvalue weighted by Crippen LogP contribution is -2.13. The molecule has 2 aromatic carbocycles. The van der Waals surface area contributed by atoms with Gasteiger partial charge < -0.3 is 0 Å². The van der Waals surface area contributed by atoms with E-state index >= 15 is 0 Å². The highest BCUT2D eigenvalue weighted by atomic mass is 35.5. The number of nitriles is 1. The van der Waals surface area contributed by atoms with E-state index in [1.54, 1.807) is 12.1 Å². The molecular formula is C14H10Cl2N2O2S. The molecule has 0 bridgehead atoms. The summed E-state index contributed by atoms with van der Waals surface area (Å²) in [4.78, 5) is 0.100. The first-order valence-corrected chi connectivity index (χ1v) is 8.06. The number of sulfonamides is 1. The quantitative estimate of drug-likeness (QED) is 0.918. The number of rotatable bonds is 3. The van der Waals surface area contributed by atoms with Gasteiger partial charge in [-0.3, -0.25) is 4.72 Å². The van der Waals surface area contributed by atoms with Crippen molar-refractivity contribution in [3.63, 3.8) is 0 Å². The first kappa shape index (κ1) is 15.6. The fourth-order valence-corrected chi connectivity index (χ4v) is 3.04. The minimum Gasteiger partial charge on any atom is -0.278 e. The van der Waals surface area contributed by atoms with E-state index in [0.717, 1.165) is 5.56 Å². The molecule has 0 heterocycles. The maximum atomic E-state index is 12.3. The van der Waals surface area contributed by atoms with E-state index in [1.165, 1.54) is 24.3 Å². The summed E-state index contributed by atoms with van der Waals surface area (Å²) in [5.74, 6) is 0. The number of aryl methyl sites for hydroxylation is 1. The molecule has 0 unspecified atom stereocenters. The second kappa shape index (κ2) is 5.94. The van der Waals surface area contributed by atoms with Crippen LogP contribution in [-0.2, 0) is 10.0 Å². The minimum absolute atomic E-state index is 0.0903. The van der Waals surface area contributed by atoms with Crippen LogP contribution >= 0.6 is 23.2 Å². The molecule has 2 rings (SSSR count). The smallest absolute Gasteiger partial charge is 0.261 e. The Hall–Kier alpha value is -1.74. The zero-order valence-electron chi connectivity index (χ0n) is 10.9. The monoisotopic (exact) mass is 340 g/mol. The normalized spacial score (nSPS) is 11.0. The molecule has 0 aliphatic heterocycles. The lowest BCUT2D eigenvalue weighted by Gasteiger charge is -2.10. The van der Waals surface area contributed by atoms with Crippen molar-refractivity contribution in [2.24, 2.45) is 0 Å². The molecule has 0 aromatic heterocycles. The van der Waals surface area contributed by atoms with Crippen LogP contribution in [-0.4, -0.2) is 8.42 Å². The third-order valence-electron chi connectivity index (χ3n) is 2.76. The van der Waals surface area contributed by atoms with Crippen molar-refractivity contribution < 1.29 is 8.42 Å². The molecule has 1 N–H and O–H groups in total. The summed E-state index contributed by atoms with van der Waals surface area (Å²) in [5.41, 5.74) is 1.13. The van der Waals surface area contributed by atoms with Crippen LogP contribution in [0.15, 0.2) is 41.3 Å². The van der Waals surface area contributed by atoms with E-state index in [1.807, 2.05) is 13.0 Å². The molecule has 0 amide bonds. The molecule has 0 aliphatic rings. The van der Waals surface area contributed by atoms with Crippen molar-refractivity contribution in [3.05, 3.63) is 57.6 Å². The fraction of sp³-hybridized carbons (Fsp3) is 0.0714. The summed E-state index contributed by atoms with van der Waals surface area (Å²) in [5, 5.41) is 9.40. The molecule has 0 radical (unpaired) electrons. The van der Waals surface area contributed by atoms with Gasteiger partial charge in [0.2, 0.25) is 0 Å². The predicted molar refractivity (Wildman–Crippen MR) is 83.2 cm³/mol. The number of halogens is 2. The van der Waals surface area contributed by atoms with Crippen LogP contribution in [0.25, 0.3) is 0 Å². The summed E-state index contributed by atoms with van der Waals surface area (Å²) in [6.45, 7) is 1.86. The Morgan fingerprint density at radius 1 is 1.10 bits per heavy atom. The molecule has 0 fully saturated rings. The first-order chi connectivity index (χ1) is 9.83. The van der Waals surface area contributed by atoms with Crippen LogP contribution in [0, 0.1) is 18.3 Å². The average Bonchev–Trinajstić information content (AvgIpc) is 2.42. The third kappa shape index (κ3) is 3.48. The molecular weight excluding hydrogens is 331 g/mol. The van der Waals surface area contributed by atoms with Crippen molar-refractivity contribution in [1.82, 2.24) is 0 Å². The Balaban J connectivity index is 2.44. The maximum absolute atomic E-state index is 12.3. The molecule has 108 valence electrons. The van der Waals surface area contributed by atoms with Crippen molar-refractivity contribution in [2.75, 3.05) is 4.72 Å². The zero-order chi connectivity index (χ0) is 15.6. The topological polar surface area (TPSA) is 70.0 Å².